The molecule has 132 valence electrons. The van der Waals surface area contributed by atoms with Crippen molar-refractivity contribution in [3.63, 3.8) is 0 Å². The van der Waals surface area contributed by atoms with E-state index in [0.717, 1.165) is 25.5 Å². The van der Waals surface area contributed by atoms with Crippen LogP contribution in [0.4, 0.5) is 10.1 Å². The molecule has 2 aromatic carbocycles. The molecular weight excluding hydrogens is 343 g/mol. The number of hydrogen-bond acceptors (Lipinski definition) is 3. The molecule has 0 aliphatic carbocycles. The molecule has 6 heteroatoms. The number of benzene rings is 2. The Morgan fingerprint density at radius 3 is 2.92 bits per heavy atom. The molecule has 1 aliphatic heterocycles. The zero-order chi connectivity index (χ0) is 17.8. The van der Waals surface area contributed by atoms with E-state index in [1.165, 1.54) is 12.1 Å². The van der Waals surface area contributed by atoms with E-state index in [4.69, 9.17) is 16.3 Å². The predicted molar refractivity (Wildman–Crippen MR) is 96.9 cm³/mol. The predicted octanol–water partition coefficient (Wildman–Crippen LogP) is 4.25. The second kappa shape index (κ2) is 7.85. The fraction of sp³-hybridized carbons (Fsp3) is 0.316. The first-order valence-corrected chi connectivity index (χ1v) is 8.65. The van der Waals surface area contributed by atoms with Gasteiger partial charge in [0.25, 0.3) is 5.91 Å². The summed E-state index contributed by atoms with van der Waals surface area (Å²) in [5.74, 6) is -0.159. The van der Waals surface area contributed by atoms with Gasteiger partial charge in [-0.2, -0.15) is 0 Å². The number of halogens is 2. The van der Waals surface area contributed by atoms with Gasteiger partial charge in [0, 0.05) is 17.8 Å². The molecule has 1 aliphatic rings. The van der Waals surface area contributed by atoms with Gasteiger partial charge in [0.05, 0.1) is 10.6 Å². The Morgan fingerprint density at radius 1 is 1.32 bits per heavy atom. The van der Waals surface area contributed by atoms with Gasteiger partial charge in [0.2, 0.25) is 0 Å². The van der Waals surface area contributed by atoms with Gasteiger partial charge in [-0.15, -0.1) is 0 Å². The van der Waals surface area contributed by atoms with Crippen LogP contribution in [0.5, 0.6) is 5.75 Å². The Morgan fingerprint density at radius 2 is 2.16 bits per heavy atom. The van der Waals surface area contributed by atoms with E-state index in [1.807, 2.05) is 12.1 Å². The van der Waals surface area contributed by atoms with Gasteiger partial charge in [0.1, 0.15) is 17.7 Å². The van der Waals surface area contributed by atoms with Crippen LogP contribution in [0.15, 0.2) is 42.5 Å². The second-order valence-corrected chi connectivity index (χ2v) is 6.63. The summed E-state index contributed by atoms with van der Waals surface area (Å²) in [5.41, 5.74) is 0.825. The highest BCUT2D eigenvalue weighted by Gasteiger charge is 2.20. The van der Waals surface area contributed by atoms with E-state index in [9.17, 15) is 9.18 Å². The molecule has 3 rings (SSSR count). The van der Waals surface area contributed by atoms with Gasteiger partial charge in [-0.25, -0.2) is 4.39 Å². The number of carbonyl (C=O) groups is 1. The Kier molecular flexibility index (Phi) is 5.56. The number of carbonyl (C=O) groups excluding carboxylic acids is 1. The molecule has 0 bridgehead atoms. The molecule has 1 amide bonds. The molecule has 2 atom stereocenters. The number of hydrogen-bond donors (Lipinski definition) is 2. The Balaban J connectivity index is 1.67. The molecule has 25 heavy (non-hydrogen) atoms. The third kappa shape index (κ3) is 4.71. The van der Waals surface area contributed by atoms with Crippen LogP contribution in [0, 0.1) is 5.82 Å². The van der Waals surface area contributed by atoms with Crippen LogP contribution < -0.4 is 15.4 Å². The van der Waals surface area contributed by atoms with E-state index >= 15 is 0 Å². The Hall–Kier alpha value is -2.11. The first kappa shape index (κ1) is 17.7. The molecular formula is C19H20ClFN2O2. The van der Waals surface area contributed by atoms with Gasteiger partial charge in [-0.3, -0.25) is 4.79 Å². The highest BCUT2D eigenvalue weighted by molar-refractivity contribution is 6.34. The summed E-state index contributed by atoms with van der Waals surface area (Å²) in [6.07, 6.45) is 2.06. The summed E-state index contributed by atoms with van der Waals surface area (Å²) in [6, 6.07) is 11.4. The van der Waals surface area contributed by atoms with Crippen LogP contribution >= 0.6 is 11.6 Å². The molecule has 0 aromatic heterocycles. The molecule has 1 heterocycles. The van der Waals surface area contributed by atoms with Crippen molar-refractivity contribution in [2.75, 3.05) is 11.9 Å². The molecule has 1 fully saturated rings. The Bertz CT molecular complexity index is 769. The van der Waals surface area contributed by atoms with E-state index < -0.39 is 11.7 Å². The largest absolute Gasteiger partial charge is 0.490 e. The number of amides is 1. The fourth-order valence-corrected chi connectivity index (χ4v) is 3.16. The Labute approximate surface area is 151 Å². The van der Waals surface area contributed by atoms with Crippen molar-refractivity contribution >= 4 is 23.2 Å². The number of nitrogens with one attached hydrogen (secondary N) is 2. The second-order valence-electron chi connectivity index (χ2n) is 6.23. The van der Waals surface area contributed by atoms with Gasteiger partial charge in [0.15, 0.2) is 0 Å². The molecule has 0 spiro atoms. The number of anilines is 1. The van der Waals surface area contributed by atoms with Crippen molar-refractivity contribution in [3.05, 3.63) is 58.9 Å². The van der Waals surface area contributed by atoms with Gasteiger partial charge in [-0.05, 0) is 56.6 Å². The summed E-state index contributed by atoms with van der Waals surface area (Å²) in [5, 5.41) is 6.23. The van der Waals surface area contributed by atoms with Crippen molar-refractivity contribution in [2.45, 2.75) is 31.9 Å². The van der Waals surface area contributed by atoms with Crippen LogP contribution in [0.3, 0.4) is 0 Å². The van der Waals surface area contributed by atoms with E-state index in [-0.39, 0.29) is 16.7 Å². The third-order valence-electron chi connectivity index (χ3n) is 4.15. The first-order chi connectivity index (χ1) is 12.0. The van der Waals surface area contributed by atoms with Gasteiger partial charge < -0.3 is 15.4 Å². The zero-order valence-electron chi connectivity index (χ0n) is 13.9. The fourth-order valence-electron chi connectivity index (χ4n) is 2.90. The van der Waals surface area contributed by atoms with Crippen molar-refractivity contribution < 1.29 is 13.9 Å². The molecule has 4 nitrogen and oxygen atoms in total. The highest BCUT2D eigenvalue weighted by atomic mass is 35.5. The number of rotatable bonds is 4. The lowest BCUT2D eigenvalue weighted by molar-refractivity contribution is 0.102. The maximum absolute atomic E-state index is 13.1. The van der Waals surface area contributed by atoms with E-state index in [0.29, 0.717) is 17.5 Å². The van der Waals surface area contributed by atoms with Crippen LogP contribution in [0.2, 0.25) is 5.02 Å². The lowest BCUT2D eigenvalue weighted by Gasteiger charge is -2.28. The monoisotopic (exact) mass is 362 g/mol. The third-order valence-corrected chi connectivity index (χ3v) is 4.46. The lowest BCUT2D eigenvalue weighted by atomic mass is 10.0. The van der Waals surface area contributed by atoms with E-state index in [1.54, 1.807) is 12.1 Å². The summed E-state index contributed by atoms with van der Waals surface area (Å²) >= 11 is 5.93. The normalized spacial score (nSPS) is 20.1. The van der Waals surface area contributed by atoms with Crippen molar-refractivity contribution in [2.24, 2.45) is 0 Å². The molecule has 0 unspecified atom stereocenters. The maximum atomic E-state index is 13.1. The molecule has 2 N–H and O–H groups in total. The minimum Gasteiger partial charge on any atom is -0.490 e. The van der Waals surface area contributed by atoms with Gasteiger partial charge in [-0.1, -0.05) is 17.7 Å². The minimum absolute atomic E-state index is 0.0774. The van der Waals surface area contributed by atoms with Crippen LogP contribution in [0.1, 0.15) is 30.1 Å². The smallest absolute Gasteiger partial charge is 0.257 e. The summed E-state index contributed by atoms with van der Waals surface area (Å²) in [6.45, 7) is 3.07. The number of piperidine rings is 1. The van der Waals surface area contributed by atoms with Crippen molar-refractivity contribution in [1.29, 1.82) is 0 Å². The molecule has 0 saturated carbocycles. The highest BCUT2D eigenvalue weighted by Crippen LogP contribution is 2.24. The first-order valence-electron chi connectivity index (χ1n) is 8.28. The van der Waals surface area contributed by atoms with Gasteiger partial charge >= 0.3 is 0 Å². The quantitative estimate of drug-likeness (QED) is 0.854. The molecule has 1 saturated heterocycles. The molecule has 2 aromatic rings. The summed E-state index contributed by atoms with van der Waals surface area (Å²) in [4.78, 5) is 12.3. The van der Waals surface area contributed by atoms with Crippen LogP contribution in [0.25, 0.3) is 0 Å². The van der Waals surface area contributed by atoms with Crippen LogP contribution in [-0.2, 0) is 0 Å². The average molecular weight is 363 g/mol. The van der Waals surface area contributed by atoms with E-state index in [2.05, 4.69) is 17.6 Å². The van der Waals surface area contributed by atoms with Crippen molar-refractivity contribution in [3.8, 4) is 5.75 Å². The lowest BCUT2D eigenvalue weighted by Crippen LogP contribution is -2.40. The van der Waals surface area contributed by atoms with Crippen LogP contribution in [-0.4, -0.2) is 24.6 Å². The summed E-state index contributed by atoms with van der Waals surface area (Å²) in [7, 11) is 0. The topological polar surface area (TPSA) is 50.4 Å². The summed E-state index contributed by atoms with van der Waals surface area (Å²) < 4.78 is 19.1. The molecule has 0 radical (unpaired) electrons. The minimum atomic E-state index is -0.479. The standard InChI is InChI=1S/C19H20ClFN2O2/c1-12-9-16(7-8-22-12)25-15-4-2-3-14(11-15)23-19(24)17-6-5-13(21)10-18(17)20/h2-6,10-12,16,22H,7-9H2,1H3,(H,23,24)/t12-,16-/m0/s1. The SMILES string of the molecule is C[C@H]1C[C@@H](Oc2cccc(NC(=O)c3ccc(F)cc3Cl)c2)CCN1. The number of ether oxygens (including phenoxy) is 1. The van der Waals surface area contributed by atoms with Crippen molar-refractivity contribution in [1.82, 2.24) is 5.32 Å². The average Bonchev–Trinajstić information content (AvgIpc) is 2.55. The maximum Gasteiger partial charge on any atom is 0.257 e. The zero-order valence-corrected chi connectivity index (χ0v) is 14.6.